The van der Waals surface area contributed by atoms with Crippen molar-refractivity contribution in [3.05, 3.63) is 169 Å². The molecule has 0 aliphatic carbocycles. The lowest BCUT2D eigenvalue weighted by atomic mass is 9.94. The van der Waals surface area contributed by atoms with E-state index in [9.17, 15) is 70.3 Å². The highest BCUT2D eigenvalue weighted by Crippen LogP contribution is 2.45. The molecular formula is C62H50Cl2F10N6O14S3. The molecule has 0 saturated heterocycles. The van der Waals surface area contributed by atoms with Crippen molar-refractivity contribution >= 4 is 62.2 Å². The Morgan fingerprint density at radius 1 is 0.515 bits per heavy atom. The molecule has 514 valence electrons. The van der Waals surface area contributed by atoms with Crippen molar-refractivity contribution in [1.82, 2.24) is 29.5 Å². The number of benzene rings is 6. The number of esters is 1. The SMILES string of the molecule is CO.COC(=O)C(F)(F)c1cc(-c2ccc(-c3cccc(S(C)(=O)=O)c3)cc2-c2oc(C)nc2-c2ccc(OC(F)(F)F)cc2)n(C)n1.Cc1nc(-c2ccc(OC(F)(F)F)cc2)c(-c2cc(-c3cccc(S(C)(=O)=O)c3)ccc2-c2cc(C(F)(F)C(=O)O)nn2C)o1.O=S(Cl)Cl. The molecule has 0 fully saturated rings. The number of alkyl halides is 10. The largest absolute Gasteiger partial charge is 0.573 e. The minimum atomic E-state index is -4.90. The van der Waals surface area contributed by atoms with Crippen LogP contribution in [-0.2, 0) is 69.2 Å². The van der Waals surface area contributed by atoms with Crippen molar-refractivity contribution in [2.75, 3.05) is 26.7 Å². The molecule has 0 amide bonds. The number of methoxy groups -OCH3 is 1. The number of hydrogen-bond acceptors (Lipinski definition) is 17. The summed E-state index contributed by atoms with van der Waals surface area (Å²) in [4.78, 5) is 32.0. The maximum Gasteiger partial charge on any atom is 0.573 e. The minimum Gasteiger partial charge on any atom is -0.476 e. The third-order valence-corrected chi connectivity index (χ3v) is 15.8. The van der Waals surface area contributed by atoms with Gasteiger partial charge in [-0.15, -0.1) is 26.3 Å². The summed E-state index contributed by atoms with van der Waals surface area (Å²) in [5, 5.41) is 23.6. The van der Waals surface area contributed by atoms with Crippen LogP contribution in [0.3, 0.4) is 0 Å². The van der Waals surface area contributed by atoms with Crippen molar-refractivity contribution in [2.45, 2.75) is 48.2 Å². The zero-order valence-electron chi connectivity index (χ0n) is 51.1. The van der Waals surface area contributed by atoms with E-state index in [0.717, 1.165) is 72.5 Å². The summed E-state index contributed by atoms with van der Waals surface area (Å²) < 4.78 is 219. The summed E-state index contributed by atoms with van der Waals surface area (Å²) in [5.41, 5.74) is 2.52. The van der Waals surface area contributed by atoms with E-state index in [1.165, 1.54) is 69.6 Å². The topological polar surface area (TPSA) is 275 Å². The number of sulfone groups is 2. The van der Waals surface area contributed by atoms with Gasteiger partial charge in [0.2, 0.25) is 9.23 Å². The number of carboxylic acid groups (broad SMARTS) is 1. The molecular weight excluding hydrogens is 1410 g/mol. The fourth-order valence-electron chi connectivity index (χ4n) is 9.41. The van der Waals surface area contributed by atoms with Gasteiger partial charge in [-0.2, -0.15) is 27.8 Å². The summed E-state index contributed by atoms with van der Waals surface area (Å²) in [7, 11) is 4.80. The number of ether oxygens (including phenoxy) is 3. The highest BCUT2D eigenvalue weighted by molar-refractivity contribution is 8.26. The molecule has 0 unspecified atom stereocenters. The van der Waals surface area contributed by atoms with E-state index in [-0.39, 0.29) is 67.0 Å². The van der Waals surface area contributed by atoms with Gasteiger partial charge in [0.1, 0.15) is 34.3 Å². The third kappa shape index (κ3) is 18.2. The van der Waals surface area contributed by atoms with Crippen LogP contribution in [-0.4, -0.2) is 112 Å². The molecule has 97 heavy (non-hydrogen) atoms. The Morgan fingerprint density at radius 3 is 1.16 bits per heavy atom. The van der Waals surface area contributed by atoms with Crippen LogP contribution in [0, 0.1) is 13.8 Å². The molecule has 0 radical (unpaired) electrons. The van der Waals surface area contributed by atoms with Crippen molar-refractivity contribution in [1.29, 1.82) is 0 Å². The number of nitrogens with zero attached hydrogens (tertiary/aromatic N) is 6. The Labute approximate surface area is 555 Å². The number of carbonyl (C=O) groups is 2. The smallest absolute Gasteiger partial charge is 0.476 e. The van der Waals surface area contributed by atoms with E-state index in [4.69, 9.17) is 23.3 Å². The van der Waals surface area contributed by atoms with Gasteiger partial charge < -0.3 is 33.3 Å². The van der Waals surface area contributed by atoms with Crippen LogP contribution >= 0.6 is 21.4 Å². The summed E-state index contributed by atoms with van der Waals surface area (Å²) in [6.45, 7) is 3.08. The van der Waals surface area contributed by atoms with Gasteiger partial charge >= 0.3 is 36.5 Å². The molecule has 0 bridgehead atoms. The average Bonchev–Trinajstić information content (AvgIpc) is 1.67. The normalized spacial score (nSPS) is 12.0. The van der Waals surface area contributed by atoms with Crippen molar-refractivity contribution < 1.29 is 108 Å². The van der Waals surface area contributed by atoms with Gasteiger partial charge in [0, 0.05) is 102 Å². The number of halogens is 12. The van der Waals surface area contributed by atoms with Gasteiger partial charge in [0.05, 0.1) is 28.3 Å². The second-order valence-corrected chi connectivity index (χ2v) is 26.8. The molecule has 0 atom stereocenters. The first-order valence-electron chi connectivity index (χ1n) is 27.1. The minimum absolute atomic E-state index is 0.0511. The Morgan fingerprint density at radius 2 is 0.845 bits per heavy atom. The fraction of sp³-hybridized carbons (Fsp3) is 0.194. The van der Waals surface area contributed by atoms with Crippen LogP contribution in [0.4, 0.5) is 43.9 Å². The number of hydrogen-bond donors (Lipinski definition) is 2. The van der Waals surface area contributed by atoms with Gasteiger partial charge in [0.25, 0.3) is 0 Å². The Bertz CT molecular complexity index is 4810. The average molecular weight is 1460 g/mol. The zero-order valence-corrected chi connectivity index (χ0v) is 55.1. The summed E-state index contributed by atoms with van der Waals surface area (Å²) in [6, 6.07) is 33.5. The predicted octanol–water partition coefficient (Wildman–Crippen LogP) is 14.5. The number of rotatable bonds is 16. The summed E-state index contributed by atoms with van der Waals surface area (Å²) in [6.07, 6.45) is -7.67. The second-order valence-electron chi connectivity index (χ2n) is 20.3. The lowest BCUT2D eigenvalue weighted by Gasteiger charge is -2.13. The van der Waals surface area contributed by atoms with Gasteiger partial charge in [0.15, 0.2) is 43.0 Å². The van der Waals surface area contributed by atoms with E-state index < -0.39 is 88.3 Å². The van der Waals surface area contributed by atoms with Crippen LogP contribution in [0.1, 0.15) is 23.2 Å². The van der Waals surface area contributed by atoms with E-state index >= 15 is 0 Å². The molecule has 0 aliphatic heterocycles. The van der Waals surface area contributed by atoms with Crippen molar-refractivity contribution in [3.8, 4) is 101 Å². The number of oxazole rings is 2. The highest BCUT2D eigenvalue weighted by Gasteiger charge is 2.46. The van der Waals surface area contributed by atoms with Gasteiger partial charge in [-0.3, -0.25) is 9.36 Å². The molecule has 35 heteroatoms. The van der Waals surface area contributed by atoms with Crippen LogP contribution in [0.5, 0.6) is 11.5 Å². The van der Waals surface area contributed by atoms with Crippen LogP contribution in [0.2, 0.25) is 0 Å². The predicted molar refractivity (Wildman–Crippen MR) is 335 cm³/mol. The molecule has 20 nitrogen and oxygen atoms in total. The van der Waals surface area contributed by atoms with Gasteiger partial charge in [-0.1, -0.05) is 48.5 Å². The highest BCUT2D eigenvalue weighted by atomic mass is 36.0. The lowest BCUT2D eigenvalue weighted by molar-refractivity contribution is -0.275. The molecule has 4 aromatic heterocycles. The maximum atomic E-state index is 14.8. The van der Waals surface area contributed by atoms with Gasteiger partial charge in [-0.05, 0) is 119 Å². The van der Waals surface area contributed by atoms with E-state index in [2.05, 4.69) is 55.7 Å². The Balaban J connectivity index is 0.000000253. The zero-order chi connectivity index (χ0) is 72.1. The molecule has 0 saturated carbocycles. The first kappa shape index (κ1) is 75.0. The Kier molecular flexibility index (Phi) is 22.8. The van der Waals surface area contributed by atoms with Gasteiger partial charge in [-0.25, -0.2) is 40.6 Å². The number of aliphatic hydroxyl groups is 1. The summed E-state index contributed by atoms with van der Waals surface area (Å²) >= 11 is 0. The van der Waals surface area contributed by atoms with E-state index in [1.54, 1.807) is 67.6 Å². The molecule has 10 rings (SSSR count). The van der Waals surface area contributed by atoms with Crippen LogP contribution in [0.25, 0.3) is 89.9 Å². The monoisotopic (exact) mass is 1460 g/mol. The molecule has 4 heterocycles. The number of aromatic nitrogens is 6. The number of aliphatic carboxylic acids is 1. The standard InChI is InChI=1S/C31H24F5N3O6S.C30H22F5N3O6S.CH4O.Cl2OS/c1-17-37-27(18-8-11-21(12-9-18)45-31(34,35)36)28(44-17)24-15-20(19-6-5-7-22(14-19)46(4,41)42)10-13-23(24)25-16-26(38-39(25)2)30(32,33)29(40)43-3;1-16-36-26(17-7-10-20(11-8-17)44-30(33,34)35)27(43-16)23-14-19(18-5-4-6-21(13-18)45(3,41)42)9-12-22(23)24-15-25(37-38(24)2)29(31,32)28(39)40;1-2;1-4(2)3/h5-16H,1-4H3;4-15H,1-3H3,(H,39,40);2H,1H3;. The number of carboxylic acids is 1. The molecule has 0 spiro atoms. The number of aryl methyl sites for hydroxylation is 4. The molecule has 10 aromatic rings. The molecule has 0 aliphatic rings. The molecule has 2 N–H and O–H groups in total. The quantitative estimate of drug-likeness (QED) is 0.0517. The Hall–Kier alpha value is -9.41. The second kappa shape index (κ2) is 29.5. The van der Waals surface area contributed by atoms with Crippen LogP contribution < -0.4 is 9.47 Å². The van der Waals surface area contributed by atoms with Crippen molar-refractivity contribution in [3.63, 3.8) is 0 Å². The first-order valence-corrected chi connectivity index (χ1v) is 33.7. The van der Waals surface area contributed by atoms with E-state index in [1.807, 2.05) is 0 Å². The fourth-order valence-corrected chi connectivity index (χ4v) is 10.7. The molecule has 6 aromatic carbocycles. The lowest BCUT2D eigenvalue weighted by Crippen LogP contribution is -2.27. The number of aliphatic hydroxyl groups excluding tert-OH is 1. The van der Waals surface area contributed by atoms with Crippen LogP contribution in [0.15, 0.2) is 164 Å². The maximum absolute atomic E-state index is 14.8. The first-order chi connectivity index (χ1) is 45.1. The summed E-state index contributed by atoms with van der Waals surface area (Å²) in [5.74, 6) is -12.9. The van der Waals surface area contributed by atoms with Crippen molar-refractivity contribution in [2.24, 2.45) is 14.1 Å². The van der Waals surface area contributed by atoms with E-state index in [0.29, 0.717) is 44.5 Å². The third-order valence-electron chi connectivity index (χ3n) is 13.6. The number of carbonyl (C=O) groups excluding carboxylic acids is 1.